The molecule has 0 aromatic carbocycles. The van der Waals surface area contributed by atoms with E-state index in [1.807, 2.05) is 24.4 Å². The molecule has 0 saturated carbocycles. The fraction of sp³-hybridized carbons (Fsp3) is 0.600. The number of thioether (sulfide) groups is 1. The van der Waals surface area contributed by atoms with Crippen LogP contribution >= 0.6 is 11.8 Å². The van der Waals surface area contributed by atoms with Crippen molar-refractivity contribution in [1.82, 2.24) is 19.9 Å². The van der Waals surface area contributed by atoms with Crippen LogP contribution in [0.5, 0.6) is 0 Å². The van der Waals surface area contributed by atoms with Gasteiger partial charge in [-0.25, -0.2) is 0 Å². The van der Waals surface area contributed by atoms with Gasteiger partial charge in [0, 0.05) is 18.0 Å². The van der Waals surface area contributed by atoms with E-state index in [1.54, 1.807) is 11.8 Å². The Hall–Kier alpha value is -1.07. The van der Waals surface area contributed by atoms with Gasteiger partial charge in [-0.05, 0) is 44.9 Å². The first kappa shape index (κ1) is 15.3. The van der Waals surface area contributed by atoms with Gasteiger partial charge in [0.1, 0.15) is 0 Å². The van der Waals surface area contributed by atoms with E-state index in [0.29, 0.717) is 6.04 Å². The molecule has 0 radical (unpaired) electrons. The molecule has 2 aromatic rings. The molecule has 0 saturated heterocycles. The van der Waals surface area contributed by atoms with E-state index < -0.39 is 0 Å². The Bertz CT molecular complexity index is 511. The number of aromatic nitrogens is 3. The average molecular weight is 292 g/mol. The third-order valence-corrected chi connectivity index (χ3v) is 4.32. The van der Waals surface area contributed by atoms with Gasteiger partial charge in [-0.3, -0.25) is 4.40 Å². The molecule has 0 spiro atoms. The molecule has 0 fully saturated rings. The second-order valence-corrected chi connectivity index (χ2v) is 6.17. The second kappa shape index (κ2) is 8.27. The highest BCUT2D eigenvalue weighted by molar-refractivity contribution is 7.99. The number of unbranched alkanes of at least 4 members (excludes halogenated alkanes) is 1. The lowest BCUT2D eigenvalue weighted by molar-refractivity contribution is 0.496. The van der Waals surface area contributed by atoms with E-state index in [9.17, 15) is 0 Å². The first-order chi connectivity index (χ1) is 9.81. The van der Waals surface area contributed by atoms with Crippen molar-refractivity contribution >= 4 is 17.4 Å². The lowest BCUT2D eigenvalue weighted by atomic mass is 10.1. The van der Waals surface area contributed by atoms with Gasteiger partial charge < -0.3 is 5.32 Å². The maximum absolute atomic E-state index is 4.23. The molecule has 110 valence electrons. The minimum atomic E-state index is 0.633. The highest BCUT2D eigenvalue weighted by Gasteiger charge is 2.05. The van der Waals surface area contributed by atoms with Crippen molar-refractivity contribution in [2.75, 3.05) is 12.3 Å². The average Bonchev–Trinajstić information content (AvgIpc) is 2.88. The number of nitrogens with zero attached hydrogens (tertiary/aromatic N) is 3. The molecule has 2 rings (SSSR count). The predicted octanol–water partition coefficient (Wildman–Crippen LogP) is 3.38. The zero-order valence-corrected chi connectivity index (χ0v) is 13.2. The zero-order chi connectivity index (χ0) is 14.2. The molecule has 5 heteroatoms. The van der Waals surface area contributed by atoms with Crippen LogP contribution in [-0.2, 0) is 0 Å². The van der Waals surface area contributed by atoms with Crippen molar-refractivity contribution in [2.24, 2.45) is 0 Å². The number of hydrogen-bond donors (Lipinski definition) is 1. The van der Waals surface area contributed by atoms with E-state index in [1.165, 1.54) is 25.7 Å². The molecule has 1 unspecified atom stereocenters. The van der Waals surface area contributed by atoms with E-state index in [-0.39, 0.29) is 0 Å². The zero-order valence-electron chi connectivity index (χ0n) is 12.4. The highest BCUT2D eigenvalue weighted by atomic mass is 32.2. The van der Waals surface area contributed by atoms with Crippen LogP contribution in [0.25, 0.3) is 5.65 Å². The first-order valence-electron chi connectivity index (χ1n) is 7.47. The third kappa shape index (κ3) is 4.49. The molecule has 2 heterocycles. The standard InChI is InChI=1S/C15H24N4S/c1-3-10-16-13(2)8-5-7-12-20-15-18-17-14-9-4-6-11-19(14)15/h4,6,9,11,13,16H,3,5,7-8,10,12H2,1-2H3. The molecule has 2 aromatic heterocycles. The maximum Gasteiger partial charge on any atom is 0.195 e. The molecule has 20 heavy (non-hydrogen) atoms. The minimum absolute atomic E-state index is 0.633. The van der Waals surface area contributed by atoms with E-state index in [0.717, 1.165) is 23.1 Å². The molecule has 1 atom stereocenters. The highest BCUT2D eigenvalue weighted by Crippen LogP contribution is 2.18. The fourth-order valence-electron chi connectivity index (χ4n) is 2.13. The second-order valence-electron chi connectivity index (χ2n) is 5.11. The molecule has 0 aliphatic rings. The number of pyridine rings is 1. The molecule has 1 N–H and O–H groups in total. The minimum Gasteiger partial charge on any atom is -0.314 e. The van der Waals surface area contributed by atoms with E-state index >= 15 is 0 Å². The van der Waals surface area contributed by atoms with Gasteiger partial charge in [0.05, 0.1) is 0 Å². The summed E-state index contributed by atoms with van der Waals surface area (Å²) in [5.74, 6) is 1.11. The molecule has 0 aliphatic carbocycles. The summed E-state index contributed by atoms with van der Waals surface area (Å²) >= 11 is 1.80. The van der Waals surface area contributed by atoms with Crippen molar-refractivity contribution in [1.29, 1.82) is 0 Å². The Labute approximate surface area is 125 Å². The van der Waals surface area contributed by atoms with Crippen LogP contribution in [0, 0.1) is 0 Å². The summed E-state index contributed by atoms with van der Waals surface area (Å²) in [4.78, 5) is 0. The van der Waals surface area contributed by atoms with Gasteiger partial charge in [-0.15, -0.1) is 10.2 Å². The molecule has 4 nitrogen and oxygen atoms in total. The summed E-state index contributed by atoms with van der Waals surface area (Å²) < 4.78 is 2.05. The summed E-state index contributed by atoms with van der Waals surface area (Å²) in [5.41, 5.74) is 0.924. The van der Waals surface area contributed by atoms with Crippen molar-refractivity contribution in [3.05, 3.63) is 24.4 Å². The predicted molar refractivity (Wildman–Crippen MR) is 85.3 cm³/mol. The van der Waals surface area contributed by atoms with Gasteiger partial charge in [-0.1, -0.05) is 31.2 Å². The van der Waals surface area contributed by atoms with Gasteiger partial charge in [0.25, 0.3) is 0 Å². The molecular formula is C15H24N4S. The van der Waals surface area contributed by atoms with Crippen LogP contribution in [0.15, 0.2) is 29.6 Å². The first-order valence-corrected chi connectivity index (χ1v) is 8.45. The Morgan fingerprint density at radius 2 is 2.20 bits per heavy atom. The SMILES string of the molecule is CCCNC(C)CCCCSc1nnc2ccccn12. The van der Waals surface area contributed by atoms with Gasteiger partial charge >= 0.3 is 0 Å². The summed E-state index contributed by atoms with van der Waals surface area (Å²) in [7, 11) is 0. The van der Waals surface area contributed by atoms with E-state index in [4.69, 9.17) is 0 Å². The Morgan fingerprint density at radius 3 is 3.05 bits per heavy atom. The normalized spacial score (nSPS) is 12.9. The van der Waals surface area contributed by atoms with Crippen LogP contribution in [0.1, 0.15) is 39.5 Å². The molecule has 0 amide bonds. The fourth-order valence-corrected chi connectivity index (χ4v) is 3.05. The van der Waals surface area contributed by atoms with Crippen LogP contribution in [0.3, 0.4) is 0 Å². The van der Waals surface area contributed by atoms with Crippen LogP contribution in [-0.4, -0.2) is 32.9 Å². The smallest absolute Gasteiger partial charge is 0.195 e. The van der Waals surface area contributed by atoms with E-state index in [2.05, 4.69) is 33.8 Å². The quantitative estimate of drug-likeness (QED) is 0.568. The summed E-state index contributed by atoms with van der Waals surface area (Å²) in [6, 6.07) is 6.62. The number of fused-ring (bicyclic) bond motifs is 1. The number of hydrogen-bond acceptors (Lipinski definition) is 4. The molecule has 0 bridgehead atoms. The van der Waals surface area contributed by atoms with Crippen molar-refractivity contribution < 1.29 is 0 Å². The molecular weight excluding hydrogens is 268 g/mol. The Balaban J connectivity index is 1.66. The van der Waals surface area contributed by atoms with Crippen molar-refractivity contribution in [2.45, 2.75) is 50.7 Å². The Kier molecular flexibility index (Phi) is 6.33. The number of nitrogens with one attached hydrogen (secondary N) is 1. The van der Waals surface area contributed by atoms with Gasteiger partial charge in [0.15, 0.2) is 10.8 Å². The lowest BCUT2D eigenvalue weighted by Crippen LogP contribution is -2.26. The lowest BCUT2D eigenvalue weighted by Gasteiger charge is -2.12. The summed E-state index contributed by atoms with van der Waals surface area (Å²) in [6.45, 7) is 5.61. The van der Waals surface area contributed by atoms with Gasteiger partial charge in [-0.2, -0.15) is 0 Å². The third-order valence-electron chi connectivity index (χ3n) is 3.29. The summed E-state index contributed by atoms with van der Waals surface area (Å²) in [6.07, 6.45) is 6.97. The Morgan fingerprint density at radius 1 is 1.30 bits per heavy atom. The summed E-state index contributed by atoms with van der Waals surface area (Å²) in [5, 5.41) is 12.9. The van der Waals surface area contributed by atoms with Gasteiger partial charge in [0.2, 0.25) is 0 Å². The maximum atomic E-state index is 4.23. The van der Waals surface area contributed by atoms with Crippen LogP contribution < -0.4 is 5.32 Å². The van der Waals surface area contributed by atoms with Crippen LogP contribution in [0.4, 0.5) is 0 Å². The monoisotopic (exact) mass is 292 g/mol. The van der Waals surface area contributed by atoms with Crippen LogP contribution in [0.2, 0.25) is 0 Å². The van der Waals surface area contributed by atoms with Crippen molar-refractivity contribution in [3.8, 4) is 0 Å². The van der Waals surface area contributed by atoms with Crippen molar-refractivity contribution in [3.63, 3.8) is 0 Å². The largest absolute Gasteiger partial charge is 0.314 e. The molecule has 0 aliphatic heterocycles. The number of rotatable bonds is 9. The topological polar surface area (TPSA) is 42.2 Å².